The quantitative estimate of drug-likeness (QED) is 0.771. The van der Waals surface area contributed by atoms with Crippen LogP contribution in [0.3, 0.4) is 0 Å². The molecule has 2 amide bonds. The third-order valence-corrected chi connectivity index (χ3v) is 4.33. The molecule has 1 heterocycles. The maximum absolute atomic E-state index is 11.9. The average molecular weight is 283 g/mol. The van der Waals surface area contributed by atoms with E-state index in [9.17, 15) is 18.0 Å². The monoisotopic (exact) mass is 283 g/mol. The van der Waals surface area contributed by atoms with E-state index in [1.54, 1.807) is 19.9 Å². The van der Waals surface area contributed by atoms with Crippen LogP contribution in [0, 0.1) is 11.8 Å². The predicted octanol–water partition coefficient (Wildman–Crippen LogP) is 0.948. The van der Waals surface area contributed by atoms with Crippen LogP contribution in [0.15, 0.2) is 35.2 Å². The van der Waals surface area contributed by atoms with E-state index >= 15 is 0 Å². The van der Waals surface area contributed by atoms with Gasteiger partial charge in [-0.05, 0) is 12.1 Å². The van der Waals surface area contributed by atoms with Crippen molar-refractivity contribution in [1.29, 1.82) is 0 Å². The van der Waals surface area contributed by atoms with Crippen LogP contribution in [0.2, 0.25) is 0 Å². The van der Waals surface area contributed by atoms with Gasteiger partial charge in [0.15, 0.2) is 0 Å². The van der Waals surface area contributed by atoms with Crippen LogP contribution in [0.25, 0.3) is 0 Å². The fourth-order valence-electron chi connectivity index (χ4n) is 1.71. The molecule has 6 nitrogen and oxygen atoms in total. The van der Waals surface area contributed by atoms with E-state index in [0.717, 1.165) is 0 Å². The Labute approximate surface area is 111 Å². The molecule has 2 rings (SSSR count). The van der Waals surface area contributed by atoms with Gasteiger partial charge in [0.25, 0.3) is 11.8 Å². The minimum absolute atomic E-state index is 0.109. The molecule has 2 unspecified atom stereocenters. The SMILES string of the molecule is CC1C(=O)N(OS(=O)(=O)c2ccccc2)C(=O)C1C. The van der Waals surface area contributed by atoms with Gasteiger partial charge < -0.3 is 0 Å². The van der Waals surface area contributed by atoms with E-state index < -0.39 is 33.8 Å². The summed E-state index contributed by atoms with van der Waals surface area (Å²) in [5.74, 6) is -2.45. The zero-order valence-corrected chi connectivity index (χ0v) is 11.3. The highest BCUT2D eigenvalue weighted by atomic mass is 32.2. The molecule has 1 aromatic carbocycles. The summed E-state index contributed by atoms with van der Waals surface area (Å²) in [7, 11) is -4.17. The molecule has 1 aliphatic rings. The molecule has 1 aliphatic heterocycles. The average Bonchev–Trinajstić information content (AvgIpc) is 2.57. The molecule has 0 N–H and O–H groups in total. The Kier molecular flexibility index (Phi) is 3.42. The van der Waals surface area contributed by atoms with Gasteiger partial charge in [-0.1, -0.05) is 32.0 Å². The number of nitrogens with zero attached hydrogens (tertiary/aromatic N) is 1. The summed E-state index contributed by atoms with van der Waals surface area (Å²) in [6.45, 7) is 3.12. The standard InChI is InChI=1S/C12H13NO5S/c1-8-9(2)12(15)13(11(8)14)18-19(16,17)10-6-4-3-5-7-10/h3-9H,1-2H3. The van der Waals surface area contributed by atoms with Gasteiger partial charge in [0.05, 0.1) is 4.90 Å². The van der Waals surface area contributed by atoms with Crippen molar-refractivity contribution in [2.75, 3.05) is 0 Å². The molecular formula is C12H13NO5S. The Bertz CT molecular complexity index is 590. The first-order valence-corrected chi connectivity index (χ1v) is 7.13. The Hall–Kier alpha value is -1.73. The molecule has 1 fully saturated rings. The van der Waals surface area contributed by atoms with Gasteiger partial charge in [0.1, 0.15) is 0 Å². The van der Waals surface area contributed by atoms with Gasteiger partial charge in [0.2, 0.25) is 0 Å². The number of rotatable bonds is 3. The number of benzene rings is 1. The van der Waals surface area contributed by atoms with Gasteiger partial charge in [-0.15, -0.1) is 9.35 Å². The van der Waals surface area contributed by atoms with E-state index in [4.69, 9.17) is 0 Å². The topological polar surface area (TPSA) is 80.8 Å². The van der Waals surface area contributed by atoms with E-state index in [1.807, 2.05) is 0 Å². The second-order valence-electron chi connectivity index (χ2n) is 4.39. The Balaban J connectivity index is 2.27. The van der Waals surface area contributed by atoms with Crippen molar-refractivity contribution in [3.05, 3.63) is 30.3 Å². The summed E-state index contributed by atoms with van der Waals surface area (Å²) >= 11 is 0. The zero-order chi connectivity index (χ0) is 14.2. The van der Waals surface area contributed by atoms with Crippen molar-refractivity contribution in [1.82, 2.24) is 5.06 Å². The smallest absolute Gasteiger partial charge is 0.272 e. The van der Waals surface area contributed by atoms with Crippen molar-refractivity contribution in [2.24, 2.45) is 11.8 Å². The Morgan fingerprint density at radius 1 is 1.00 bits per heavy atom. The van der Waals surface area contributed by atoms with Crippen LogP contribution in [0.5, 0.6) is 0 Å². The van der Waals surface area contributed by atoms with Gasteiger partial charge in [-0.2, -0.15) is 8.42 Å². The normalized spacial score (nSPS) is 24.0. The van der Waals surface area contributed by atoms with Crippen LogP contribution in [0.1, 0.15) is 13.8 Å². The lowest BCUT2D eigenvalue weighted by Gasteiger charge is -2.13. The molecule has 0 aliphatic carbocycles. The molecule has 7 heteroatoms. The van der Waals surface area contributed by atoms with Crippen molar-refractivity contribution in [2.45, 2.75) is 18.7 Å². The zero-order valence-electron chi connectivity index (χ0n) is 10.4. The molecule has 1 aromatic rings. The van der Waals surface area contributed by atoms with Crippen LogP contribution in [-0.4, -0.2) is 25.3 Å². The van der Waals surface area contributed by atoms with Crippen molar-refractivity contribution >= 4 is 21.9 Å². The van der Waals surface area contributed by atoms with E-state index in [1.165, 1.54) is 24.3 Å². The summed E-state index contributed by atoms with van der Waals surface area (Å²) in [4.78, 5) is 23.4. The van der Waals surface area contributed by atoms with Gasteiger partial charge in [-0.3, -0.25) is 9.59 Å². The largest absolute Gasteiger partial charge is 0.318 e. The summed E-state index contributed by atoms with van der Waals surface area (Å²) in [5.41, 5.74) is 0. The molecule has 0 aromatic heterocycles. The van der Waals surface area contributed by atoms with Crippen LogP contribution in [0.4, 0.5) is 0 Å². The molecule has 0 bridgehead atoms. The number of imide groups is 1. The highest BCUT2D eigenvalue weighted by Crippen LogP contribution is 2.27. The first-order chi connectivity index (χ1) is 8.84. The lowest BCUT2D eigenvalue weighted by molar-refractivity contribution is -0.165. The van der Waals surface area contributed by atoms with Crippen LogP contribution < -0.4 is 0 Å². The maximum atomic E-state index is 11.9. The number of carbonyl (C=O) groups is 2. The lowest BCUT2D eigenvalue weighted by Crippen LogP contribution is -2.33. The van der Waals surface area contributed by atoms with E-state index in [-0.39, 0.29) is 4.90 Å². The number of carbonyl (C=O) groups excluding carboxylic acids is 2. The molecule has 1 saturated heterocycles. The summed E-state index contributed by atoms with van der Waals surface area (Å²) in [6.07, 6.45) is 0. The van der Waals surface area contributed by atoms with Crippen molar-refractivity contribution in [3.63, 3.8) is 0 Å². The predicted molar refractivity (Wildman–Crippen MR) is 64.9 cm³/mol. The Morgan fingerprint density at radius 2 is 1.47 bits per heavy atom. The molecular weight excluding hydrogens is 270 g/mol. The summed E-state index contributed by atoms with van der Waals surface area (Å²) < 4.78 is 28.5. The highest BCUT2D eigenvalue weighted by molar-refractivity contribution is 7.86. The third-order valence-electron chi connectivity index (χ3n) is 3.13. The first-order valence-electron chi connectivity index (χ1n) is 5.72. The molecule has 102 valence electrons. The maximum Gasteiger partial charge on any atom is 0.318 e. The summed E-state index contributed by atoms with van der Waals surface area (Å²) in [5, 5.41) is 0.345. The fourth-order valence-corrected chi connectivity index (χ4v) is 2.63. The number of amides is 2. The minimum Gasteiger partial charge on any atom is -0.272 e. The third kappa shape index (κ3) is 2.39. The van der Waals surface area contributed by atoms with Gasteiger partial charge in [-0.25, -0.2) is 0 Å². The van der Waals surface area contributed by atoms with E-state index in [2.05, 4.69) is 4.28 Å². The summed E-state index contributed by atoms with van der Waals surface area (Å²) in [6, 6.07) is 7.35. The minimum atomic E-state index is -4.17. The van der Waals surface area contributed by atoms with Crippen LogP contribution in [-0.2, 0) is 24.0 Å². The van der Waals surface area contributed by atoms with Gasteiger partial charge in [0, 0.05) is 11.8 Å². The number of hydrogen-bond acceptors (Lipinski definition) is 5. The molecule has 2 atom stereocenters. The van der Waals surface area contributed by atoms with Crippen LogP contribution >= 0.6 is 0 Å². The van der Waals surface area contributed by atoms with Gasteiger partial charge >= 0.3 is 10.1 Å². The second kappa shape index (κ2) is 4.75. The molecule has 0 spiro atoms. The molecule has 0 saturated carbocycles. The lowest BCUT2D eigenvalue weighted by atomic mass is 10.00. The van der Waals surface area contributed by atoms with Crippen molar-refractivity contribution in [3.8, 4) is 0 Å². The van der Waals surface area contributed by atoms with E-state index in [0.29, 0.717) is 5.06 Å². The second-order valence-corrected chi connectivity index (χ2v) is 5.92. The highest BCUT2D eigenvalue weighted by Gasteiger charge is 2.45. The fraction of sp³-hybridized carbons (Fsp3) is 0.333. The number of hydroxylamine groups is 2. The first kappa shape index (κ1) is 13.7. The molecule has 0 radical (unpaired) electrons. The number of hydrogen-bond donors (Lipinski definition) is 0. The Morgan fingerprint density at radius 3 is 1.95 bits per heavy atom. The van der Waals surface area contributed by atoms with Crippen molar-refractivity contribution < 1.29 is 22.3 Å². The molecule has 19 heavy (non-hydrogen) atoms.